The second-order valence-electron chi connectivity index (χ2n) is 4.45. The number of nitrogens with zero attached hydrogens (tertiary/aromatic N) is 2. The van der Waals surface area contributed by atoms with E-state index in [9.17, 15) is 9.18 Å². The third-order valence-corrected chi connectivity index (χ3v) is 3.22. The maximum atomic E-state index is 13.3. The van der Waals surface area contributed by atoms with Gasteiger partial charge in [-0.15, -0.1) is 0 Å². The SMILES string of the molecule is CCc1nn(-c2ccc(F)cc2C(N)=O)c(CC)c1N. The van der Waals surface area contributed by atoms with Crippen molar-refractivity contribution < 1.29 is 9.18 Å². The normalized spacial score (nSPS) is 10.8. The van der Waals surface area contributed by atoms with E-state index >= 15 is 0 Å². The summed E-state index contributed by atoms with van der Waals surface area (Å²) < 4.78 is 14.9. The molecule has 1 aromatic heterocycles. The van der Waals surface area contributed by atoms with E-state index in [-0.39, 0.29) is 5.56 Å². The van der Waals surface area contributed by atoms with E-state index in [0.29, 0.717) is 24.2 Å². The number of nitrogens with two attached hydrogens (primary N) is 2. The Hall–Kier alpha value is -2.37. The van der Waals surface area contributed by atoms with Crippen molar-refractivity contribution in [2.45, 2.75) is 26.7 Å². The van der Waals surface area contributed by atoms with Crippen LogP contribution in [0.5, 0.6) is 0 Å². The van der Waals surface area contributed by atoms with Gasteiger partial charge >= 0.3 is 0 Å². The molecule has 0 radical (unpaired) electrons. The van der Waals surface area contributed by atoms with Crippen molar-refractivity contribution in [1.82, 2.24) is 9.78 Å². The molecule has 1 heterocycles. The van der Waals surface area contributed by atoms with Crippen LogP contribution in [0.2, 0.25) is 0 Å². The fraction of sp³-hybridized carbons (Fsp3) is 0.286. The van der Waals surface area contributed by atoms with E-state index in [4.69, 9.17) is 11.5 Å². The van der Waals surface area contributed by atoms with Crippen LogP contribution >= 0.6 is 0 Å². The van der Waals surface area contributed by atoms with Crippen LogP contribution in [0.1, 0.15) is 35.6 Å². The number of aromatic nitrogens is 2. The quantitative estimate of drug-likeness (QED) is 0.892. The van der Waals surface area contributed by atoms with Gasteiger partial charge in [-0.3, -0.25) is 4.79 Å². The predicted molar refractivity (Wildman–Crippen MR) is 75.2 cm³/mol. The smallest absolute Gasteiger partial charge is 0.250 e. The average molecular weight is 276 g/mol. The van der Waals surface area contributed by atoms with Crippen molar-refractivity contribution in [3.05, 3.63) is 41.0 Å². The van der Waals surface area contributed by atoms with E-state index in [2.05, 4.69) is 5.10 Å². The lowest BCUT2D eigenvalue weighted by Gasteiger charge is -2.10. The van der Waals surface area contributed by atoms with Crippen molar-refractivity contribution in [3.8, 4) is 5.69 Å². The first-order valence-corrected chi connectivity index (χ1v) is 6.45. The number of halogens is 1. The number of amides is 1. The zero-order valence-electron chi connectivity index (χ0n) is 11.5. The zero-order valence-corrected chi connectivity index (χ0v) is 11.5. The number of rotatable bonds is 4. The van der Waals surface area contributed by atoms with Crippen LogP contribution in [-0.2, 0) is 12.8 Å². The second kappa shape index (κ2) is 5.32. The first-order valence-electron chi connectivity index (χ1n) is 6.45. The molecular weight excluding hydrogens is 259 g/mol. The fourth-order valence-corrected chi connectivity index (χ4v) is 2.21. The van der Waals surface area contributed by atoms with Gasteiger partial charge in [0.15, 0.2) is 0 Å². The Labute approximate surface area is 116 Å². The van der Waals surface area contributed by atoms with Crippen LogP contribution in [0.4, 0.5) is 10.1 Å². The molecule has 0 aliphatic carbocycles. The molecule has 2 rings (SSSR count). The van der Waals surface area contributed by atoms with E-state index in [0.717, 1.165) is 17.5 Å². The Kier molecular flexibility index (Phi) is 3.74. The number of carbonyl (C=O) groups is 1. The Morgan fingerprint density at radius 1 is 1.35 bits per heavy atom. The summed E-state index contributed by atoms with van der Waals surface area (Å²) in [6.45, 7) is 3.89. The van der Waals surface area contributed by atoms with Gasteiger partial charge in [-0.1, -0.05) is 13.8 Å². The summed E-state index contributed by atoms with van der Waals surface area (Å²) in [7, 11) is 0. The molecule has 106 valence electrons. The molecule has 0 saturated heterocycles. The molecule has 5 nitrogen and oxygen atoms in total. The molecule has 2 aromatic rings. The number of hydrogen-bond acceptors (Lipinski definition) is 3. The summed E-state index contributed by atoms with van der Waals surface area (Å²) >= 11 is 0. The highest BCUT2D eigenvalue weighted by Crippen LogP contribution is 2.24. The van der Waals surface area contributed by atoms with E-state index in [1.807, 2.05) is 13.8 Å². The van der Waals surface area contributed by atoms with Gasteiger partial charge in [0.2, 0.25) is 0 Å². The van der Waals surface area contributed by atoms with Gasteiger partial charge in [0.05, 0.1) is 28.3 Å². The minimum Gasteiger partial charge on any atom is -0.396 e. The minimum absolute atomic E-state index is 0.0878. The van der Waals surface area contributed by atoms with E-state index < -0.39 is 11.7 Å². The molecule has 0 saturated carbocycles. The lowest BCUT2D eigenvalue weighted by Crippen LogP contribution is -2.16. The number of benzene rings is 1. The van der Waals surface area contributed by atoms with Crippen molar-refractivity contribution >= 4 is 11.6 Å². The first-order chi connectivity index (χ1) is 9.49. The zero-order chi connectivity index (χ0) is 14.9. The van der Waals surface area contributed by atoms with Gasteiger partial charge in [0, 0.05) is 0 Å². The molecule has 6 heteroatoms. The monoisotopic (exact) mass is 276 g/mol. The van der Waals surface area contributed by atoms with E-state index in [1.165, 1.54) is 12.1 Å². The van der Waals surface area contributed by atoms with Crippen molar-refractivity contribution in [1.29, 1.82) is 0 Å². The highest BCUT2D eigenvalue weighted by molar-refractivity contribution is 5.96. The number of nitrogen functional groups attached to an aromatic ring is 1. The molecule has 1 aromatic carbocycles. The summed E-state index contributed by atoms with van der Waals surface area (Å²) in [5.41, 5.74) is 14.0. The molecule has 0 fully saturated rings. The molecular formula is C14H17FN4O. The van der Waals surface area contributed by atoms with Crippen LogP contribution in [0, 0.1) is 5.82 Å². The summed E-state index contributed by atoms with van der Waals surface area (Å²) in [4.78, 5) is 11.5. The lowest BCUT2D eigenvalue weighted by atomic mass is 10.1. The highest BCUT2D eigenvalue weighted by atomic mass is 19.1. The van der Waals surface area contributed by atoms with Crippen LogP contribution < -0.4 is 11.5 Å². The number of anilines is 1. The number of carbonyl (C=O) groups excluding carboxylic acids is 1. The van der Waals surface area contributed by atoms with Gasteiger partial charge in [-0.05, 0) is 31.0 Å². The maximum absolute atomic E-state index is 13.3. The second-order valence-corrected chi connectivity index (χ2v) is 4.45. The minimum atomic E-state index is -0.700. The van der Waals surface area contributed by atoms with Crippen LogP contribution in [-0.4, -0.2) is 15.7 Å². The Bertz CT molecular complexity index is 663. The molecule has 0 aliphatic rings. The van der Waals surface area contributed by atoms with Gasteiger partial charge in [0.1, 0.15) is 5.82 Å². The molecule has 0 unspecified atom stereocenters. The highest BCUT2D eigenvalue weighted by Gasteiger charge is 2.18. The molecule has 20 heavy (non-hydrogen) atoms. The number of hydrogen-bond donors (Lipinski definition) is 2. The van der Waals surface area contributed by atoms with Crippen LogP contribution in [0.15, 0.2) is 18.2 Å². The molecule has 0 spiro atoms. The van der Waals surface area contributed by atoms with E-state index in [1.54, 1.807) is 4.68 Å². The van der Waals surface area contributed by atoms with Crippen molar-refractivity contribution in [2.24, 2.45) is 5.73 Å². The predicted octanol–water partition coefficient (Wildman–Crippen LogP) is 1.82. The fourth-order valence-electron chi connectivity index (χ4n) is 2.21. The van der Waals surface area contributed by atoms with Gasteiger partial charge in [0.25, 0.3) is 5.91 Å². The lowest BCUT2D eigenvalue weighted by molar-refractivity contribution is 0.0999. The maximum Gasteiger partial charge on any atom is 0.250 e. The molecule has 0 bridgehead atoms. The summed E-state index contributed by atoms with van der Waals surface area (Å²) in [5.74, 6) is -1.22. The van der Waals surface area contributed by atoms with Crippen molar-refractivity contribution in [2.75, 3.05) is 5.73 Å². The molecule has 0 atom stereocenters. The Balaban J connectivity index is 2.71. The third-order valence-electron chi connectivity index (χ3n) is 3.22. The Morgan fingerprint density at radius 2 is 2.05 bits per heavy atom. The van der Waals surface area contributed by atoms with Gasteiger partial charge < -0.3 is 11.5 Å². The number of aryl methyl sites for hydroxylation is 1. The average Bonchev–Trinajstić information content (AvgIpc) is 2.74. The molecule has 1 amide bonds. The molecule has 0 aliphatic heterocycles. The topological polar surface area (TPSA) is 86.9 Å². The first kappa shape index (κ1) is 14.0. The Morgan fingerprint density at radius 3 is 2.60 bits per heavy atom. The standard InChI is InChI=1S/C14H17FN4O/c1-3-10-13(16)11(4-2)19(18-10)12-6-5-8(15)7-9(12)14(17)20/h5-7H,3-4,16H2,1-2H3,(H2,17,20). The summed E-state index contributed by atoms with van der Waals surface area (Å²) in [5, 5.41) is 4.40. The summed E-state index contributed by atoms with van der Waals surface area (Å²) in [6.07, 6.45) is 1.33. The summed E-state index contributed by atoms with van der Waals surface area (Å²) in [6, 6.07) is 3.87. The largest absolute Gasteiger partial charge is 0.396 e. The van der Waals surface area contributed by atoms with Gasteiger partial charge in [-0.25, -0.2) is 9.07 Å². The van der Waals surface area contributed by atoms with Crippen LogP contribution in [0.3, 0.4) is 0 Å². The van der Waals surface area contributed by atoms with Crippen molar-refractivity contribution in [3.63, 3.8) is 0 Å². The molecule has 4 N–H and O–H groups in total. The number of primary amides is 1. The van der Waals surface area contributed by atoms with Gasteiger partial charge in [-0.2, -0.15) is 5.10 Å². The third kappa shape index (κ3) is 2.24. The van der Waals surface area contributed by atoms with Crippen LogP contribution in [0.25, 0.3) is 5.69 Å².